The number of nitrogens with zero attached hydrogens (tertiary/aromatic N) is 2. The molecule has 17 heavy (non-hydrogen) atoms. The fraction of sp³-hybridized carbons (Fsp3) is 0.385. The van der Waals surface area contributed by atoms with Crippen LogP contribution in [0.2, 0.25) is 0 Å². The second-order valence-electron chi connectivity index (χ2n) is 4.07. The summed E-state index contributed by atoms with van der Waals surface area (Å²) in [6.07, 6.45) is 2.11. The molecular weight excluding hydrogens is 230 g/mol. The maximum Gasteiger partial charge on any atom is 0.147 e. The van der Waals surface area contributed by atoms with Gasteiger partial charge >= 0.3 is 0 Å². The van der Waals surface area contributed by atoms with Crippen molar-refractivity contribution in [2.75, 3.05) is 13.6 Å². The molecule has 0 aliphatic heterocycles. The highest BCUT2D eigenvalue weighted by molar-refractivity contribution is 7.14. The lowest BCUT2D eigenvalue weighted by Gasteiger charge is -1.96. The first-order chi connectivity index (χ1) is 8.29. The van der Waals surface area contributed by atoms with E-state index in [1.807, 2.05) is 7.05 Å². The Morgan fingerprint density at radius 3 is 2.65 bits per heavy atom. The van der Waals surface area contributed by atoms with E-state index in [1.165, 1.54) is 5.56 Å². The Morgan fingerprint density at radius 1 is 1.18 bits per heavy atom. The van der Waals surface area contributed by atoms with Gasteiger partial charge in [0.25, 0.3) is 0 Å². The summed E-state index contributed by atoms with van der Waals surface area (Å²) in [6.45, 7) is 3.12. The lowest BCUT2D eigenvalue weighted by atomic mass is 10.2. The Bertz CT molecular complexity index is 462. The van der Waals surface area contributed by atoms with Crippen LogP contribution in [0, 0.1) is 6.92 Å². The summed E-state index contributed by atoms with van der Waals surface area (Å²) in [7, 11) is 1.97. The molecule has 0 aliphatic rings. The maximum absolute atomic E-state index is 4.24. The number of hydrogen-bond donors (Lipinski definition) is 1. The molecule has 3 nitrogen and oxygen atoms in total. The Morgan fingerprint density at radius 2 is 1.94 bits per heavy atom. The molecule has 0 spiro atoms. The van der Waals surface area contributed by atoms with E-state index in [2.05, 4.69) is 46.7 Å². The molecule has 0 saturated heterocycles. The molecule has 0 amide bonds. The summed E-state index contributed by atoms with van der Waals surface area (Å²) in [4.78, 5) is 0. The first-order valence-electron chi connectivity index (χ1n) is 5.83. The Kier molecular flexibility index (Phi) is 4.23. The van der Waals surface area contributed by atoms with Gasteiger partial charge in [0.1, 0.15) is 10.0 Å². The number of benzene rings is 1. The van der Waals surface area contributed by atoms with E-state index >= 15 is 0 Å². The average Bonchev–Trinajstić information content (AvgIpc) is 2.79. The molecule has 0 bridgehead atoms. The lowest BCUT2D eigenvalue weighted by molar-refractivity contribution is 0.718. The molecule has 0 atom stereocenters. The first kappa shape index (κ1) is 12.2. The Labute approximate surface area is 106 Å². The monoisotopic (exact) mass is 247 g/mol. The van der Waals surface area contributed by atoms with Crippen molar-refractivity contribution in [2.24, 2.45) is 0 Å². The van der Waals surface area contributed by atoms with Crippen LogP contribution < -0.4 is 5.32 Å². The molecule has 1 N–H and O–H groups in total. The minimum absolute atomic E-state index is 1.00. The third-order valence-corrected chi connectivity index (χ3v) is 3.61. The molecule has 2 aromatic rings. The van der Waals surface area contributed by atoms with E-state index in [0.717, 1.165) is 35.0 Å². The van der Waals surface area contributed by atoms with Gasteiger partial charge in [-0.1, -0.05) is 41.2 Å². The Hall–Kier alpha value is -1.26. The van der Waals surface area contributed by atoms with Crippen LogP contribution in [-0.4, -0.2) is 23.8 Å². The van der Waals surface area contributed by atoms with Crippen molar-refractivity contribution in [3.05, 3.63) is 34.8 Å². The summed E-state index contributed by atoms with van der Waals surface area (Å²) in [6, 6.07) is 8.43. The summed E-state index contributed by atoms with van der Waals surface area (Å²) in [5, 5.41) is 13.7. The molecule has 1 aromatic carbocycles. The second kappa shape index (κ2) is 5.89. The molecule has 0 unspecified atom stereocenters. The van der Waals surface area contributed by atoms with Gasteiger partial charge in [-0.25, -0.2) is 0 Å². The van der Waals surface area contributed by atoms with Crippen LogP contribution in [0.4, 0.5) is 0 Å². The molecule has 90 valence electrons. The predicted molar refractivity (Wildman–Crippen MR) is 72.3 cm³/mol. The third-order valence-electron chi connectivity index (χ3n) is 2.58. The van der Waals surface area contributed by atoms with Crippen molar-refractivity contribution < 1.29 is 0 Å². The fourth-order valence-corrected chi connectivity index (χ4v) is 2.47. The summed E-state index contributed by atoms with van der Waals surface area (Å²) in [5.74, 6) is 0. The number of aryl methyl sites for hydroxylation is 2. The molecule has 0 radical (unpaired) electrons. The number of nitrogens with one attached hydrogen (secondary N) is 1. The second-order valence-corrected chi connectivity index (χ2v) is 5.14. The van der Waals surface area contributed by atoms with Crippen LogP contribution in [0.25, 0.3) is 10.6 Å². The Balaban J connectivity index is 2.04. The van der Waals surface area contributed by atoms with Crippen LogP contribution in [0.15, 0.2) is 24.3 Å². The first-order valence-corrected chi connectivity index (χ1v) is 6.65. The molecule has 4 heteroatoms. The van der Waals surface area contributed by atoms with E-state index in [1.54, 1.807) is 11.3 Å². The van der Waals surface area contributed by atoms with Gasteiger partial charge in [0, 0.05) is 12.0 Å². The SMILES string of the molecule is CNCCCc1nnc(-c2ccc(C)cc2)s1. The van der Waals surface area contributed by atoms with E-state index in [0.29, 0.717) is 0 Å². The van der Waals surface area contributed by atoms with Gasteiger partial charge in [-0.15, -0.1) is 10.2 Å². The van der Waals surface area contributed by atoms with Gasteiger partial charge < -0.3 is 5.32 Å². The van der Waals surface area contributed by atoms with Gasteiger partial charge in [0.15, 0.2) is 0 Å². The lowest BCUT2D eigenvalue weighted by Crippen LogP contribution is -2.08. The van der Waals surface area contributed by atoms with Crippen LogP contribution in [0.5, 0.6) is 0 Å². The zero-order valence-electron chi connectivity index (χ0n) is 10.2. The molecular formula is C13H17N3S. The number of hydrogen-bond acceptors (Lipinski definition) is 4. The van der Waals surface area contributed by atoms with Crippen LogP contribution >= 0.6 is 11.3 Å². The minimum atomic E-state index is 1.00. The van der Waals surface area contributed by atoms with Crippen molar-refractivity contribution in [1.82, 2.24) is 15.5 Å². The average molecular weight is 247 g/mol. The van der Waals surface area contributed by atoms with Crippen LogP contribution in [-0.2, 0) is 6.42 Å². The molecule has 0 saturated carbocycles. The normalized spacial score (nSPS) is 10.7. The van der Waals surface area contributed by atoms with Gasteiger partial charge in [-0.3, -0.25) is 0 Å². The highest BCUT2D eigenvalue weighted by atomic mass is 32.1. The van der Waals surface area contributed by atoms with Gasteiger partial charge in [0.2, 0.25) is 0 Å². The minimum Gasteiger partial charge on any atom is -0.320 e. The topological polar surface area (TPSA) is 37.8 Å². The van der Waals surface area contributed by atoms with E-state index in [9.17, 15) is 0 Å². The van der Waals surface area contributed by atoms with E-state index < -0.39 is 0 Å². The zero-order chi connectivity index (χ0) is 12.1. The number of rotatable bonds is 5. The smallest absolute Gasteiger partial charge is 0.147 e. The highest BCUT2D eigenvalue weighted by Gasteiger charge is 2.05. The third kappa shape index (κ3) is 3.35. The van der Waals surface area contributed by atoms with Gasteiger partial charge in [0.05, 0.1) is 0 Å². The molecule has 0 aliphatic carbocycles. The predicted octanol–water partition coefficient (Wildman–Crippen LogP) is 2.67. The summed E-state index contributed by atoms with van der Waals surface area (Å²) < 4.78 is 0. The quantitative estimate of drug-likeness (QED) is 0.825. The van der Waals surface area contributed by atoms with Gasteiger partial charge in [-0.05, 0) is 26.9 Å². The van der Waals surface area contributed by atoms with E-state index in [4.69, 9.17) is 0 Å². The number of aromatic nitrogens is 2. The van der Waals surface area contributed by atoms with Crippen molar-refractivity contribution in [2.45, 2.75) is 19.8 Å². The van der Waals surface area contributed by atoms with Gasteiger partial charge in [-0.2, -0.15) is 0 Å². The summed E-state index contributed by atoms with van der Waals surface area (Å²) >= 11 is 1.69. The highest BCUT2D eigenvalue weighted by Crippen LogP contribution is 2.24. The molecule has 2 rings (SSSR count). The molecule has 1 heterocycles. The summed E-state index contributed by atoms with van der Waals surface area (Å²) in [5.41, 5.74) is 2.43. The standard InChI is InChI=1S/C13H17N3S/c1-10-5-7-11(8-6-10)13-16-15-12(17-13)4-3-9-14-2/h5-8,14H,3-4,9H2,1-2H3. The molecule has 0 fully saturated rings. The zero-order valence-corrected chi connectivity index (χ0v) is 11.0. The largest absolute Gasteiger partial charge is 0.320 e. The van der Waals surface area contributed by atoms with Crippen molar-refractivity contribution in [1.29, 1.82) is 0 Å². The van der Waals surface area contributed by atoms with Crippen molar-refractivity contribution in [3.8, 4) is 10.6 Å². The van der Waals surface area contributed by atoms with Crippen LogP contribution in [0.1, 0.15) is 17.0 Å². The van der Waals surface area contributed by atoms with Crippen molar-refractivity contribution in [3.63, 3.8) is 0 Å². The fourth-order valence-electron chi connectivity index (χ4n) is 1.58. The van der Waals surface area contributed by atoms with Crippen LogP contribution in [0.3, 0.4) is 0 Å². The van der Waals surface area contributed by atoms with E-state index in [-0.39, 0.29) is 0 Å². The molecule has 1 aromatic heterocycles. The van der Waals surface area contributed by atoms with Crippen molar-refractivity contribution >= 4 is 11.3 Å². The maximum atomic E-state index is 4.24.